The average Bonchev–Trinajstić information content (AvgIpc) is 3.17. The molecule has 160 valence electrons. The van der Waals surface area contributed by atoms with E-state index in [0.29, 0.717) is 37.5 Å². The van der Waals surface area contributed by atoms with Crippen LogP contribution in [0.4, 0.5) is 5.00 Å². The number of ether oxygens (including phenoxy) is 1. The summed E-state index contributed by atoms with van der Waals surface area (Å²) in [6, 6.07) is 0. The fraction of sp³-hybridized carbons (Fsp3) is 0.682. The molecule has 30 heavy (non-hydrogen) atoms. The molecule has 0 spiro atoms. The van der Waals surface area contributed by atoms with Crippen LogP contribution in [-0.4, -0.2) is 66.4 Å². The van der Waals surface area contributed by atoms with E-state index in [9.17, 15) is 14.4 Å². The molecule has 3 atom stereocenters. The van der Waals surface area contributed by atoms with Gasteiger partial charge in [0.1, 0.15) is 11.5 Å². The van der Waals surface area contributed by atoms with Gasteiger partial charge in [-0.05, 0) is 50.0 Å². The Morgan fingerprint density at radius 3 is 2.70 bits per heavy atom. The van der Waals surface area contributed by atoms with Crippen molar-refractivity contribution in [3.63, 3.8) is 0 Å². The molecule has 2 bridgehead atoms. The molecular weight excluding hydrogens is 402 g/mol. The summed E-state index contributed by atoms with van der Waals surface area (Å²) < 4.78 is 5.90. The van der Waals surface area contributed by atoms with E-state index in [0.717, 1.165) is 47.5 Å². The van der Waals surface area contributed by atoms with Gasteiger partial charge in [-0.25, -0.2) is 0 Å². The van der Waals surface area contributed by atoms with Crippen molar-refractivity contribution in [1.82, 2.24) is 9.80 Å². The van der Waals surface area contributed by atoms with Crippen LogP contribution in [0.5, 0.6) is 0 Å². The lowest BCUT2D eigenvalue weighted by molar-refractivity contribution is -0.138. The highest BCUT2D eigenvalue weighted by Gasteiger charge is 2.46. The number of thiophene rings is 1. The Balaban J connectivity index is 1.30. The van der Waals surface area contributed by atoms with Gasteiger partial charge in [0.15, 0.2) is 0 Å². The summed E-state index contributed by atoms with van der Waals surface area (Å²) in [7, 11) is 1.71. The van der Waals surface area contributed by atoms with Gasteiger partial charge >= 0.3 is 0 Å². The summed E-state index contributed by atoms with van der Waals surface area (Å²) in [5.74, 6) is 0.683. The Hall–Kier alpha value is -1.93. The van der Waals surface area contributed by atoms with Crippen LogP contribution in [0.2, 0.25) is 0 Å². The Labute approximate surface area is 179 Å². The number of likely N-dealkylation sites (N-methyl/N-ethyl adjacent to an activating group) is 1. The van der Waals surface area contributed by atoms with Crippen molar-refractivity contribution in [2.45, 2.75) is 57.3 Å². The molecule has 5 aliphatic rings. The molecular formula is C22H27N3O4S. The van der Waals surface area contributed by atoms with Crippen LogP contribution in [0.25, 0.3) is 0 Å². The van der Waals surface area contributed by atoms with E-state index in [2.05, 4.69) is 0 Å². The maximum absolute atomic E-state index is 13.2. The second kappa shape index (κ2) is 6.79. The molecule has 4 aliphatic heterocycles. The summed E-state index contributed by atoms with van der Waals surface area (Å²) in [5, 5.41) is 0.809. The SMILES string of the molecule is CN1CC(=O)N(CC2CC2)c2sc3c(c2C1=O)CCN(C(=O)[C@@H]1C[C@@H]2CC[C@H]1O2)C3. The molecule has 0 aromatic carbocycles. The molecule has 0 N–H and O–H groups in total. The minimum Gasteiger partial charge on any atom is -0.374 e. The smallest absolute Gasteiger partial charge is 0.257 e. The fourth-order valence-corrected chi connectivity index (χ4v) is 6.91. The summed E-state index contributed by atoms with van der Waals surface area (Å²) >= 11 is 1.55. The lowest BCUT2D eigenvalue weighted by Gasteiger charge is -2.31. The maximum atomic E-state index is 13.2. The first-order valence-corrected chi connectivity index (χ1v) is 12.0. The number of nitrogens with zero attached hydrogens (tertiary/aromatic N) is 3. The Morgan fingerprint density at radius 1 is 1.17 bits per heavy atom. The highest BCUT2D eigenvalue weighted by atomic mass is 32.1. The topological polar surface area (TPSA) is 70.2 Å². The quantitative estimate of drug-likeness (QED) is 0.737. The monoisotopic (exact) mass is 429 g/mol. The lowest BCUT2D eigenvalue weighted by Crippen LogP contribution is -2.42. The molecule has 6 rings (SSSR count). The van der Waals surface area contributed by atoms with E-state index in [1.54, 1.807) is 23.3 Å². The fourth-order valence-electron chi connectivity index (χ4n) is 5.53. The van der Waals surface area contributed by atoms with Crippen LogP contribution in [0.3, 0.4) is 0 Å². The van der Waals surface area contributed by atoms with Gasteiger partial charge in [-0.15, -0.1) is 11.3 Å². The van der Waals surface area contributed by atoms with Gasteiger partial charge in [0.2, 0.25) is 11.8 Å². The van der Waals surface area contributed by atoms with Crippen LogP contribution in [-0.2, 0) is 27.3 Å². The Kier molecular flexibility index (Phi) is 4.25. The molecule has 1 aromatic rings. The molecule has 5 heterocycles. The van der Waals surface area contributed by atoms with Gasteiger partial charge in [-0.3, -0.25) is 14.4 Å². The molecule has 8 heteroatoms. The van der Waals surface area contributed by atoms with Crippen molar-refractivity contribution < 1.29 is 19.1 Å². The first-order chi connectivity index (χ1) is 14.5. The van der Waals surface area contributed by atoms with Gasteiger partial charge < -0.3 is 19.4 Å². The Morgan fingerprint density at radius 2 is 2.00 bits per heavy atom. The zero-order valence-electron chi connectivity index (χ0n) is 17.3. The van der Waals surface area contributed by atoms with E-state index in [1.807, 2.05) is 9.80 Å². The molecule has 0 unspecified atom stereocenters. The van der Waals surface area contributed by atoms with Crippen LogP contribution in [0.15, 0.2) is 0 Å². The number of anilines is 1. The molecule has 3 amide bonds. The van der Waals surface area contributed by atoms with E-state index < -0.39 is 0 Å². The summed E-state index contributed by atoms with van der Waals surface area (Å²) in [4.78, 5) is 45.6. The maximum Gasteiger partial charge on any atom is 0.257 e. The third-order valence-electron chi connectivity index (χ3n) is 7.39. The van der Waals surface area contributed by atoms with Crippen molar-refractivity contribution >= 4 is 34.1 Å². The number of rotatable bonds is 3. The van der Waals surface area contributed by atoms with E-state index in [-0.39, 0.29) is 42.4 Å². The first-order valence-electron chi connectivity index (χ1n) is 11.1. The van der Waals surface area contributed by atoms with E-state index >= 15 is 0 Å². The van der Waals surface area contributed by atoms with Gasteiger partial charge in [0, 0.05) is 25.0 Å². The largest absolute Gasteiger partial charge is 0.374 e. The Bertz CT molecular complexity index is 939. The third kappa shape index (κ3) is 2.91. The normalized spacial score (nSPS) is 30.6. The molecule has 3 fully saturated rings. The molecule has 7 nitrogen and oxygen atoms in total. The van der Waals surface area contributed by atoms with Crippen molar-refractivity contribution in [1.29, 1.82) is 0 Å². The van der Waals surface area contributed by atoms with E-state index in [4.69, 9.17) is 4.74 Å². The number of hydrogen-bond donors (Lipinski definition) is 0. The second-order valence-electron chi connectivity index (χ2n) is 9.52. The van der Waals surface area contributed by atoms with Crippen LogP contribution in [0, 0.1) is 11.8 Å². The highest BCUT2D eigenvalue weighted by Crippen LogP contribution is 2.44. The molecule has 0 radical (unpaired) electrons. The summed E-state index contributed by atoms with van der Waals surface area (Å²) in [6.45, 7) is 2.02. The second-order valence-corrected chi connectivity index (χ2v) is 10.6. The molecule has 1 aliphatic carbocycles. The number of amides is 3. The average molecular weight is 430 g/mol. The predicted molar refractivity (Wildman–Crippen MR) is 111 cm³/mol. The predicted octanol–water partition coefficient (Wildman–Crippen LogP) is 2.03. The minimum atomic E-state index is -0.0598. The third-order valence-corrected chi connectivity index (χ3v) is 8.63. The lowest BCUT2D eigenvalue weighted by atomic mass is 9.87. The number of hydrogen-bond acceptors (Lipinski definition) is 5. The van der Waals surface area contributed by atoms with E-state index in [1.165, 1.54) is 0 Å². The van der Waals surface area contributed by atoms with Crippen molar-refractivity contribution in [2.75, 3.05) is 31.6 Å². The van der Waals surface area contributed by atoms with Crippen molar-refractivity contribution in [3.8, 4) is 0 Å². The minimum absolute atomic E-state index is 0.00200. The molecule has 1 saturated carbocycles. The van der Waals surface area contributed by atoms with Gasteiger partial charge in [0.05, 0.1) is 30.2 Å². The van der Waals surface area contributed by atoms with Crippen LogP contribution in [0.1, 0.15) is 52.9 Å². The number of carbonyl (C=O) groups excluding carboxylic acids is 3. The summed E-state index contributed by atoms with van der Waals surface area (Å²) in [5.41, 5.74) is 1.76. The number of carbonyl (C=O) groups is 3. The highest BCUT2D eigenvalue weighted by molar-refractivity contribution is 7.17. The zero-order chi connectivity index (χ0) is 20.6. The van der Waals surface area contributed by atoms with Crippen molar-refractivity contribution in [2.24, 2.45) is 11.8 Å². The summed E-state index contributed by atoms with van der Waals surface area (Å²) in [6.07, 6.45) is 6.26. The zero-order valence-corrected chi connectivity index (χ0v) is 18.1. The standard InChI is InChI=1S/C22H27N3O4S/c1-23-11-18(26)25(9-12-2-3-12)22-19(21(23)28)14-6-7-24(10-17(14)30-22)20(27)15-8-13-4-5-16(15)29-13/h12-13,15-16H,2-11H2,1H3/t13-,15+,16+/m0/s1. The number of fused-ring (bicyclic) bond motifs is 5. The molecule has 1 aromatic heterocycles. The van der Waals surface area contributed by atoms with Gasteiger partial charge in [0.25, 0.3) is 5.91 Å². The van der Waals surface area contributed by atoms with Crippen molar-refractivity contribution in [3.05, 3.63) is 16.0 Å². The first kappa shape index (κ1) is 18.8. The molecule has 2 saturated heterocycles. The van der Waals surface area contributed by atoms with Crippen LogP contribution < -0.4 is 4.90 Å². The van der Waals surface area contributed by atoms with Gasteiger partial charge in [-0.2, -0.15) is 0 Å². The van der Waals surface area contributed by atoms with Crippen LogP contribution >= 0.6 is 11.3 Å². The van der Waals surface area contributed by atoms with Gasteiger partial charge in [-0.1, -0.05) is 0 Å².